The van der Waals surface area contributed by atoms with Crippen LogP contribution in [0.3, 0.4) is 0 Å². The molecule has 7 heteroatoms. The minimum absolute atomic E-state index is 0.214. The van der Waals surface area contributed by atoms with Gasteiger partial charge in [0.25, 0.3) is 0 Å². The Morgan fingerprint density at radius 3 is 2.25 bits per heavy atom. The molecule has 0 aliphatic rings. The van der Waals surface area contributed by atoms with Gasteiger partial charge < -0.3 is 9.84 Å². The van der Waals surface area contributed by atoms with E-state index in [2.05, 4.69) is 0 Å². The largest absolute Gasteiger partial charge is 0.494 e. The molecule has 0 fully saturated rings. The molecule has 0 spiro atoms. The number of nitrogens with one attached hydrogen (secondary N) is 1. The van der Waals surface area contributed by atoms with Crippen LogP contribution in [0.4, 0.5) is 13.2 Å². The van der Waals surface area contributed by atoms with Gasteiger partial charge in [0.2, 0.25) is 5.54 Å². The molecule has 1 aromatic rings. The topological polar surface area (TPSA) is 58.6 Å². The molecule has 1 aromatic carbocycles. The number of carbonyl (C=O) groups is 1. The van der Waals surface area contributed by atoms with Gasteiger partial charge >= 0.3 is 12.1 Å². The highest BCUT2D eigenvalue weighted by atomic mass is 19.4. The van der Waals surface area contributed by atoms with Gasteiger partial charge in [-0.3, -0.25) is 5.32 Å². The summed E-state index contributed by atoms with van der Waals surface area (Å²) in [6.07, 6.45) is -4.88. The van der Waals surface area contributed by atoms with Gasteiger partial charge in [0.05, 0.1) is 6.61 Å². The number of carboxylic acids is 1. The van der Waals surface area contributed by atoms with Crippen LogP contribution in [0.1, 0.15) is 19.4 Å². The number of halogens is 3. The summed E-state index contributed by atoms with van der Waals surface area (Å²) in [5.74, 6) is -1.36. The second kappa shape index (κ2) is 6.13. The summed E-state index contributed by atoms with van der Waals surface area (Å²) in [4.78, 5) is 10.8. The molecule has 4 nitrogen and oxygen atoms in total. The van der Waals surface area contributed by atoms with Crippen molar-refractivity contribution in [2.24, 2.45) is 0 Å². The number of ether oxygens (including phenoxy) is 1. The minimum atomic E-state index is -4.88. The monoisotopic (exact) mass is 291 g/mol. The van der Waals surface area contributed by atoms with Crippen molar-refractivity contribution in [2.75, 3.05) is 6.61 Å². The lowest BCUT2D eigenvalue weighted by atomic mass is 10.0. The Morgan fingerprint density at radius 1 is 1.30 bits per heavy atom. The molecule has 0 amide bonds. The average Bonchev–Trinajstić information content (AvgIpc) is 2.36. The maximum Gasteiger partial charge on any atom is 0.417 e. The van der Waals surface area contributed by atoms with E-state index in [1.165, 1.54) is 0 Å². The van der Waals surface area contributed by atoms with E-state index in [4.69, 9.17) is 9.84 Å². The molecule has 0 saturated carbocycles. The van der Waals surface area contributed by atoms with Crippen LogP contribution in [-0.4, -0.2) is 29.4 Å². The van der Waals surface area contributed by atoms with Crippen LogP contribution >= 0.6 is 0 Å². The number of carboxylic acid groups (broad SMARTS) is 1. The first kappa shape index (κ1) is 16.3. The van der Waals surface area contributed by atoms with Gasteiger partial charge in [-0.2, -0.15) is 13.2 Å². The second-order valence-electron chi connectivity index (χ2n) is 4.36. The molecule has 0 radical (unpaired) electrons. The summed E-state index contributed by atoms with van der Waals surface area (Å²) in [5.41, 5.74) is -2.45. The van der Waals surface area contributed by atoms with Gasteiger partial charge in [-0.15, -0.1) is 0 Å². The fourth-order valence-corrected chi connectivity index (χ4v) is 1.45. The van der Waals surface area contributed by atoms with Crippen LogP contribution in [0, 0.1) is 0 Å². The SMILES string of the molecule is CCOc1ccc(CNC(C)(C(=O)O)C(F)(F)F)cc1. The number of hydrogen-bond acceptors (Lipinski definition) is 3. The van der Waals surface area contributed by atoms with E-state index in [1.54, 1.807) is 24.3 Å². The summed E-state index contributed by atoms with van der Waals surface area (Å²) < 4.78 is 43.5. The zero-order valence-corrected chi connectivity index (χ0v) is 11.1. The van der Waals surface area contributed by atoms with Crippen molar-refractivity contribution < 1.29 is 27.8 Å². The summed E-state index contributed by atoms with van der Waals surface area (Å²) in [7, 11) is 0. The fourth-order valence-electron chi connectivity index (χ4n) is 1.45. The Labute approximate surface area is 114 Å². The number of alkyl halides is 3. The molecule has 0 saturated heterocycles. The highest BCUT2D eigenvalue weighted by Gasteiger charge is 2.57. The lowest BCUT2D eigenvalue weighted by molar-refractivity contribution is -0.206. The van der Waals surface area contributed by atoms with Crippen molar-refractivity contribution in [1.82, 2.24) is 5.32 Å². The summed E-state index contributed by atoms with van der Waals surface area (Å²) in [6.45, 7) is 2.69. The summed E-state index contributed by atoms with van der Waals surface area (Å²) >= 11 is 0. The number of rotatable bonds is 6. The van der Waals surface area contributed by atoms with E-state index in [1.807, 2.05) is 12.2 Å². The highest BCUT2D eigenvalue weighted by molar-refractivity contribution is 5.79. The molecule has 2 N–H and O–H groups in total. The van der Waals surface area contributed by atoms with E-state index in [0.29, 0.717) is 24.8 Å². The van der Waals surface area contributed by atoms with Crippen molar-refractivity contribution in [1.29, 1.82) is 0 Å². The Bertz CT molecular complexity index is 459. The fraction of sp³-hybridized carbons (Fsp3) is 0.462. The van der Waals surface area contributed by atoms with Gasteiger partial charge in [0.1, 0.15) is 5.75 Å². The van der Waals surface area contributed by atoms with Crippen molar-refractivity contribution in [2.45, 2.75) is 32.1 Å². The Balaban J connectivity index is 2.76. The summed E-state index contributed by atoms with van der Waals surface area (Å²) in [5, 5.41) is 10.8. The molecular formula is C13H16F3NO3. The van der Waals surface area contributed by atoms with E-state index < -0.39 is 17.7 Å². The summed E-state index contributed by atoms with van der Waals surface area (Å²) in [6, 6.07) is 6.39. The molecule has 1 unspecified atom stereocenters. The van der Waals surface area contributed by atoms with Crippen molar-refractivity contribution >= 4 is 5.97 Å². The van der Waals surface area contributed by atoms with Crippen LogP contribution in [0.25, 0.3) is 0 Å². The minimum Gasteiger partial charge on any atom is -0.494 e. The normalized spacial score (nSPS) is 14.7. The quantitative estimate of drug-likeness (QED) is 0.846. The van der Waals surface area contributed by atoms with Crippen molar-refractivity contribution in [3.8, 4) is 5.75 Å². The lowest BCUT2D eigenvalue weighted by Crippen LogP contribution is -2.59. The zero-order valence-electron chi connectivity index (χ0n) is 11.1. The van der Waals surface area contributed by atoms with Gasteiger partial charge in [0, 0.05) is 6.54 Å². The Hall–Kier alpha value is -1.76. The molecule has 0 aliphatic heterocycles. The smallest absolute Gasteiger partial charge is 0.417 e. The standard InChI is InChI=1S/C13H16F3NO3/c1-3-20-10-6-4-9(5-7-10)8-17-12(2,11(18)19)13(14,15)16/h4-7,17H,3,8H2,1-2H3,(H,18,19). The molecule has 1 atom stereocenters. The first-order valence-electron chi connectivity index (χ1n) is 5.97. The van der Waals surface area contributed by atoms with E-state index in [-0.39, 0.29) is 6.54 Å². The third kappa shape index (κ3) is 3.63. The van der Waals surface area contributed by atoms with E-state index in [0.717, 1.165) is 0 Å². The lowest BCUT2D eigenvalue weighted by Gasteiger charge is -2.28. The second-order valence-corrected chi connectivity index (χ2v) is 4.36. The van der Waals surface area contributed by atoms with Gasteiger partial charge in [0.15, 0.2) is 0 Å². The van der Waals surface area contributed by atoms with Crippen LogP contribution in [0.2, 0.25) is 0 Å². The van der Waals surface area contributed by atoms with E-state index >= 15 is 0 Å². The third-order valence-corrected chi connectivity index (χ3v) is 2.88. The van der Waals surface area contributed by atoms with Crippen LogP contribution in [-0.2, 0) is 11.3 Å². The average molecular weight is 291 g/mol. The van der Waals surface area contributed by atoms with Crippen LogP contribution in [0.15, 0.2) is 24.3 Å². The molecule has 112 valence electrons. The maximum absolute atomic E-state index is 12.8. The van der Waals surface area contributed by atoms with Crippen molar-refractivity contribution in [3.05, 3.63) is 29.8 Å². The van der Waals surface area contributed by atoms with Gasteiger partial charge in [-0.1, -0.05) is 12.1 Å². The Kier molecular flexibility index (Phi) is 4.99. The van der Waals surface area contributed by atoms with Gasteiger partial charge in [-0.05, 0) is 31.5 Å². The maximum atomic E-state index is 12.8. The molecule has 0 aliphatic carbocycles. The highest BCUT2D eigenvalue weighted by Crippen LogP contribution is 2.30. The molecule has 0 bridgehead atoms. The number of benzene rings is 1. The number of hydrogen-bond donors (Lipinski definition) is 2. The molecule has 0 aromatic heterocycles. The van der Waals surface area contributed by atoms with Gasteiger partial charge in [-0.25, -0.2) is 4.79 Å². The predicted octanol–water partition coefficient (Wildman–Crippen LogP) is 2.58. The van der Waals surface area contributed by atoms with Crippen LogP contribution < -0.4 is 10.1 Å². The molecule has 0 heterocycles. The third-order valence-electron chi connectivity index (χ3n) is 2.88. The first-order chi connectivity index (χ1) is 9.20. The zero-order chi connectivity index (χ0) is 15.4. The van der Waals surface area contributed by atoms with Crippen molar-refractivity contribution in [3.63, 3.8) is 0 Å². The molecular weight excluding hydrogens is 275 g/mol. The molecule has 20 heavy (non-hydrogen) atoms. The van der Waals surface area contributed by atoms with E-state index in [9.17, 15) is 18.0 Å². The molecule has 1 rings (SSSR count). The predicted molar refractivity (Wildman–Crippen MR) is 66.5 cm³/mol. The first-order valence-corrected chi connectivity index (χ1v) is 5.97. The van der Waals surface area contributed by atoms with Crippen LogP contribution in [0.5, 0.6) is 5.75 Å². The Morgan fingerprint density at radius 2 is 1.85 bits per heavy atom. The number of aliphatic carboxylic acids is 1.